The second-order valence-corrected chi connectivity index (χ2v) is 6.26. The molecule has 0 bridgehead atoms. The van der Waals surface area contributed by atoms with E-state index in [1.165, 1.54) is 37.3 Å². The summed E-state index contributed by atoms with van der Waals surface area (Å²) in [7, 11) is 0. The number of para-hydroxylation sites is 2. The highest BCUT2D eigenvalue weighted by molar-refractivity contribution is 5.95. The van der Waals surface area contributed by atoms with Gasteiger partial charge in [0.1, 0.15) is 0 Å². The van der Waals surface area contributed by atoms with E-state index in [0.717, 1.165) is 0 Å². The predicted molar refractivity (Wildman–Crippen MR) is 103 cm³/mol. The van der Waals surface area contributed by atoms with Gasteiger partial charge in [0.25, 0.3) is 5.91 Å². The van der Waals surface area contributed by atoms with Crippen molar-refractivity contribution in [1.82, 2.24) is 9.97 Å². The molecule has 0 radical (unpaired) electrons. The Hall–Kier alpha value is -3.55. The summed E-state index contributed by atoms with van der Waals surface area (Å²) in [5, 5.41) is 2.68. The van der Waals surface area contributed by atoms with E-state index in [4.69, 9.17) is 9.47 Å². The molecular weight excluding hydrogens is 380 g/mol. The van der Waals surface area contributed by atoms with Crippen molar-refractivity contribution < 1.29 is 23.0 Å². The van der Waals surface area contributed by atoms with Gasteiger partial charge < -0.3 is 14.8 Å². The van der Waals surface area contributed by atoms with Gasteiger partial charge in [-0.05, 0) is 45.0 Å². The van der Waals surface area contributed by atoms with Gasteiger partial charge in [0.15, 0.2) is 29.2 Å². The Morgan fingerprint density at radius 3 is 2.00 bits per heavy atom. The smallest absolute Gasteiger partial charge is 0.322 e. The Morgan fingerprint density at radius 1 is 0.931 bits per heavy atom. The van der Waals surface area contributed by atoms with Gasteiger partial charge in [0.2, 0.25) is 0 Å². The average molecular weight is 399 g/mol. The van der Waals surface area contributed by atoms with Crippen LogP contribution in [0, 0.1) is 25.5 Å². The van der Waals surface area contributed by atoms with Crippen LogP contribution in [0.1, 0.15) is 18.3 Å². The van der Waals surface area contributed by atoms with E-state index in [-0.39, 0.29) is 17.5 Å². The second-order valence-electron chi connectivity index (χ2n) is 6.26. The van der Waals surface area contributed by atoms with Crippen molar-refractivity contribution in [2.45, 2.75) is 26.9 Å². The summed E-state index contributed by atoms with van der Waals surface area (Å²) in [4.78, 5) is 20.8. The number of carbonyl (C=O) groups is 1. The molecular formula is C21H19F2N3O3. The molecule has 8 heteroatoms. The van der Waals surface area contributed by atoms with Gasteiger partial charge in [-0.1, -0.05) is 24.3 Å². The molecule has 6 nitrogen and oxygen atoms in total. The number of nitrogens with zero attached hydrogens (tertiary/aromatic N) is 2. The zero-order chi connectivity index (χ0) is 21.0. The van der Waals surface area contributed by atoms with Crippen LogP contribution in [0.25, 0.3) is 0 Å². The SMILES string of the molecule is Cc1nc(Oc2ccccc2F)nc(C)c1NC(=O)C(C)Oc1ccccc1F. The zero-order valence-electron chi connectivity index (χ0n) is 16.1. The highest BCUT2D eigenvalue weighted by Crippen LogP contribution is 2.25. The second kappa shape index (κ2) is 8.64. The van der Waals surface area contributed by atoms with E-state index in [0.29, 0.717) is 17.1 Å². The number of nitrogens with one attached hydrogen (secondary N) is 1. The first kappa shape index (κ1) is 20.2. The normalized spacial score (nSPS) is 11.6. The van der Waals surface area contributed by atoms with Crippen molar-refractivity contribution in [3.63, 3.8) is 0 Å². The minimum Gasteiger partial charge on any atom is -0.478 e. The van der Waals surface area contributed by atoms with E-state index in [1.807, 2.05) is 0 Å². The molecule has 0 saturated carbocycles. The lowest BCUT2D eigenvalue weighted by Crippen LogP contribution is -2.31. The van der Waals surface area contributed by atoms with Crippen molar-refractivity contribution in [1.29, 1.82) is 0 Å². The minimum absolute atomic E-state index is 0.00463. The van der Waals surface area contributed by atoms with Crippen molar-refractivity contribution in [2.75, 3.05) is 5.32 Å². The fraction of sp³-hybridized carbons (Fsp3) is 0.190. The molecule has 3 rings (SSSR count). The molecule has 0 aliphatic heterocycles. The Balaban J connectivity index is 1.73. The van der Waals surface area contributed by atoms with Gasteiger partial charge in [-0.15, -0.1) is 0 Å². The van der Waals surface area contributed by atoms with Gasteiger partial charge in [-0.3, -0.25) is 4.79 Å². The first-order chi connectivity index (χ1) is 13.8. The fourth-order valence-corrected chi connectivity index (χ4v) is 2.55. The third-order valence-electron chi connectivity index (χ3n) is 4.05. The van der Waals surface area contributed by atoms with Crippen LogP contribution in [0.3, 0.4) is 0 Å². The molecule has 0 spiro atoms. The summed E-state index contributed by atoms with van der Waals surface area (Å²) in [6.07, 6.45) is -0.958. The van der Waals surface area contributed by atoms with Gasteiger partial charge in [-0.25, -0.2) is 8.78 Å². The Morgan fingerprint density at radius 2 is 1.45 bits per heavy atom. The number of carbonyl (C=O) groups excluding carboxylic acids is 1. The molecule has 2 aromatic carbocycles. The largest absolute Gasteiger partial charge is 0.478 e. The molecule has 29 heavy (non-hydrogen) atoms. The lowest BCUT2D eigenvalue weighted by atomic mass is 10.2. The molecule has 150 valence electrons. The number of aromatic nitrogens is 2. The lowest BCUT2D eigenvalue weighted by molar-refractivity contribution is -0.122. The predicted octanol–water partition coefficient (Wildman–Crippen LogP) is 4.57. The summed E-state index contributed by atoms with van der Waals surface area (Å²) in [5.74, 6) is -1.62. The summed E-state index contributed by atoms with van der Waals surface area (Å²) >= 11 is 0. The monoisotopic (exact) mass is 399 g/mol. The number of halogens is 2. The summed E-state index contributed by atoms with van der Waals surface area (Å²) in [6, 6.07) is 11.7. The van der Waals surface area contributed by atoms with Crippen LogP contribution in [-0.2, 0) is 4.79 Å². The molecule has 1 aromatic heterocycles. The van der Waals surface area contributed by atoms with Gasteiger partial charge in [-0.2, -0.15) is 9.97 Å². The molecule has 3 aromatic rings. The van der Waals surface area contributed by atoms with Crippen LogP contribution >= 0.6 is 0 Å². The summed E-state index contributed by atoms with van der Waals surface area (Å²) in [5.41, 5.74) is 1.23. The minimum atomic E-state index is -0.958. The summed E-state index contributed by atoms with van der Waals surface area (Å²) in [6.45, 7) is 4.81. The zero-order valence-corrected chi connectivity index (χ0v) is 16.1. The number of anilines is 1. The quantitative estimate of drug-likeness (QED) is 0.657. The fourth-order valence-electron chi connectivity index (χ4n) is 2.55. The molecule has 0 aliphatic rings. The maximum Gasteiger partial charge on any atom is 0.322 e. The lowest BCUT2D eigenvalue weighted by Gasteiger charge is -2.17. The Kier molecular flexibility index (Phi) is 6.01. The van der Waals surface area contributed by atoms with Gasteiger partial charge in [0, 0.05) is 0 Å². The standard InChI is InChI=1S/C21H19F2N3O3/c1-12-19(26-20(27)14(3)28-17-10-6-4-8-15(17)22)13(2)25-21(24-12)29-18-11-7-5-9-16(18)23/h4-11,14H,1-3H3,(H,26,27). The first-order valence-electron chi connectivity index (χ1n) is 8.85. The van der Waals surface area contributed by atoms with Crippen LogP contribution in [0.4, 0.5) is 14.5 Å². The van der Waals surface area contributed by atoms with Crippen LogP contribution in [-0.4, -0.2) is 22.0 Å². The maximum atomic E-state index is 13.7. The van der Waals surface area contributed by atoms with Crippen molar-refractivity contribution in [2.24, 2.45) is 0 Å². The summed E-state index contributed by atoms with van der Waals surface area (Å²) < 4.78 is 38.2. The molecule has 1 amide bonds. The van der Waals surface area contributed by atoms with Crippen LogP contribution in [0.15, 0.2) is 48.5 Å². The number of aryl methyl sites for hydroxylation is 2. The van der Waals surface area contributed by atoms with E-state index >= 15 is 0 Å². The van der Waals surface area contributed by atoms with Crippen molar-refractivity contribution >= 4 is 11.6 Å². The highest BCUT2D eigenvalue weighted by Gasteiger charge is 2.20. The molecule has 1 heterocycles. The number of benzene rings is 2. The van der Waals surface area contributed by atoms with E-state index in [2.05, 4.69) is 15.3 Å². The average Bonchev–Trinajstić information content (AvgIpc) is 2.68. The number of hydrogen-bond acceptors (Lipinski definition) is 5. The van der Waals surface area contributed by atoms with Gasteiger partial charge in [0.05, 0.1) is 17.1 Å². The van der Waals surface area contributed by atoms with E-state index in [1.54, 1.807) is 32.0 Å². The van der Waals surface area contributed by atoms with E-state index < -0.39 is 23.6 Å². The highest BCUT2D eigenvalue weighted by atomic mass is 19.1. The van der Waals surface area contributed by atoms with Crippen LogP contribution < -0.4 is 14.8 Å². The molecule has 1 unspecified atom stereocenters. The number of amides is 1. The van der Waals surface area contributed by atoms with Crippen LogP contribution in [0.5, 0.6) is 17.5 Å². The molecule has 1 N–H and O–H groups in total. The van der Waals surface area contributed by atoms with E-state index in [9.17, 15) is 13.6 Å². The third-order valence-corrected chi connectivity index (χ3v) is 4.05. The Bertz CT molecular complexity index is 1020. The van der Waals surface area contributed by atoms with Crippen molar-refractivity contribution in [3.05, 3.63) is 71.6 Å². The number of ether oxygens (including phenoxy) is 2. The van der Waals surface area contributed by atoms with Crippen LogP contribution in [0.2, 0.25) is 0 Å². The molecule has 0 fully saturated rings. The number of rotatable bonds is 6. The topological polar surface area (TPSA) is 73.3 Å². The third kappa shape index (κ3) is 4.84. The van der Waals surface area contributed by atoms with Crippen molar-refractivity contribution in [3.8, 4) is 17.5 Å². The molecule has 0 aliphatic carbocycles. The molecule has 0 saturated heterocycles. The maximum absolute atomic E-state index is 13.7. The Labute approximate surface area is 166 Å². The number of hydrogen-bond donors (Lipinski definition) is 1. The van der Waals surface area contributed by atoms with Gasteiger partial charge >= 0.3 is 6.01 Å². The first-order valence-corrected chi connectivity index (χ1v) is 8.85. The molecule has 1 atom stereocenters.